The predicted molar refractivity (Wildman–Crippen MR) is 81.0 cm³/mol. The first-order valence-corrected chi connectivity index (χ1v) is 7.97. The standard InChI is InChI=1S/C15H25N5O/c1-3-12-10-14(18(2)17-12)11-19-8-9-20(15(19)21)13-4-6-16-7-5-13/h10,13,16H,3-9,11H2,1-2H3. The minimum atomic E-state index is 0.196. The number of piperidine rings is 1. The molecule has 3 rings (SSSR count). The monoisotopic (exact) mass is 291 g/mol. The molecule has 0 saturated carbocycles. The summed E-state index contributed by atoms with van der Waals surface area (Å²) in [6, 6.07) is 2.73. The van der Waals surface area contributed by atoms with E-state index in [9.17, 15) is 4.79 Å². The Kier molecular flexibility index (Phi) is 4.14. The molecule has 1 N–H and O–H groups in total. The van der Waals surface area contributed by atoms with Gasteiger partial charge in [0.2, 0.25) is 0 Å². The van der Waals surface area contributed by atoms with Crippen molar-refractivity contribution in [3.8, 4) is 0 Å². The number of carbonyl (C=O) groups is 1. The van der Waals surface area contributed by atoms with Crippen molar-refractivity contribution in [1.29, 1.82) is 0 Å². The van der Waals surface area contributed by atoms with Crippen LogP contribution in [0.25, 0.3) is 0 Å². The summed E-state index contributed by atoms with van der Waals surface area (Å²) in [5.41, 5.74) is 2.21. The molecule has 0 bridgehead atoms. The molecule has 0 unspecified atom stereocenters. The molecule has 2 amide bonds. The highest BCUT2D eigenvalue weighted by molar-refractivity contribution is 5.76. The smallest absolute Gasteiger partial charge is 0.320 e. The van der Waals surface area contributed by atoms with Crippen molar-refractivity contribution in [3.05, 3.63) is 17.5 Å². The number of carbonyl (C=O) groups excluding carboxylic acids is 1. The van der Waals surface area contributed by atoms with Crippen LogP contribution in [0.4, 0.5) is 4.79 Å². The van der Waals surface area contributed by atoms with Gasteiger partial charge in [0, 0.05) is 26.2 Å². The molecule has 116 valence electrons. The van der Waals surface area contributed by atoms with Crippen LogP contribution >= 0.6 is 0 Å². The van der Waals surface area contributed by atoms with E-state index in [4.69, 9.17) is 0 Å². The van der Waals surface area contributed by atoms with Crippen LogP contribution in [0.5, 0.6) is 0 Å². The second-order valence-electron chi connectivity index (χ2n) is 5.98. The maximum Gasteiger partial charge on any atom is 0.320 e. The van der Waals surface area contributed by atoms with E-state index >= 15 is 0 Å². The average molecular weight is 291 g/mol. The molecular weight excluding hydrogens is 266 g/mol. The van der Waals surface area contributed by atoms with Crippen LogP contribution in [-0.2, 0) is 20.0 Å². The lowest BCUT2D eigenvalue weighted by Gasteiger charge is -2.31. The van der Waals surface area contributed by atoms with Gasteiger partial charge in [-0.3, -0.25) is 4.68 Å². The third-order valence-electron chi connectivity index (χ3n) is 4.62. The third-order valence-corrected chi connectivity index (χ3v) is 4.62. The summed E-state index contributed by atoms with van der Waals surface area (Å²) < 4.78 is 1.90. The predicted octanol–water partition coefficient (Wildman–Crippen LogP) is 0.972. The summed E-state index contributed by atoms with van der Waals surface area (Å²) in [4.78, 5) is 16.6. The second kappa shape index (κ2) is 6.05. The van der Waals surface area contributed by atoms with Crippen molar-refractivity contribution >= 4 is 6.03 Å². The Morgan fingerprint density at radius 1 is 1.33 bits per heavy atom. The van der Waals surface area contributed by atoms with Crippen molar-refractivity contribution in [2.24, 2.45) is 7.05 Å². The van der Waals surface area contributed by atoms with E-state index < -0.39 is 0 Å². The lowest BCUT2D eigenvalue weighted by Crippen LogP contribution is -2.45. The Bertz CT molecular complexity index is 506. The van der Waals surface area contributed by atoms with Crippen molar-refractivity contribution in [2.75, 3.05) is 26.2 Å². The summed E-state index contributed by atoms with van der Waals surface area (Å²) in [6.07, 6.45) is 3.08. The summed E-state index contributed by atoms with van der Waals surface area (Å²) in [5, 5.41) is 7.82. The van der Waals surface area contributed by atoms with Crippen molar-refractivity contribution < 1.29 is 4.79 Å². The Labute approximate surface area is 126 Å². The molecule has 0 spiro atoms. The van der Waals surface area contributed by atoms with E-state index in [1.807, 2.05) is 16.6 Å². The normalized spacial score (nSPS) is 20.6. The molecule has 3 heterocycles. The maximum absolute atomic E-state index is 12.6. The van der Waals surface area contributed by atoms with E-state index in [0.717, 1.165) is 56.8 Å². The highest BCUT2D eigenvalue weighted by Gasteiger charge is 2.34. The molecule has 2 aliphatic rings. The average Bonchev–Trinajstić information content (AvgIpc) is 3.05. The van der Waals surface area contributed by atoms with Gasteiger partial charge in [-0.15, -0.1) is 0 Å². The maximum atomic E-state index is 12.6. The molecule has 2 saturated heterocycles. The molecule has 6 nitrogen and oxygen atoms in total. The van der Waals surface area contributed by atoms with Crippen LogP contribution in [0, 0.1) is 0 Å². The van der Waals surface area contributed by atoms with Gasteiger partial charge in [-0.1, -0.05) is 6.92 Å². The molecule has 0 aromatic carbocycles. The zero-order valence-corrected chi connectivity index (χ0v) is 13.0. The van der Waals surface area contributed by atoms with Crippen LogP contribution in [0.15, 0.2) is 6.07 Å². The minimum absolute atomic E-state index is 0.196. The number of aryl methyl sites for hydroxylation is 2. The lowest BCUT2D eigenvalue weighted by molar-refractivity contribution is 0.164. The highest BCUT2D eigenvalue weighted by Crippen LogP contribution is 2.20. The van der Waals surface area contributed by atoms with E-state index in [0.29, 0.717) is 12.6 Å². The molecule has 1 aromatic heterocycles. The fraction of sp³-hybridized carbons (Fsp3) is 0.733. The molecular formula is C15H25N5O. The molecule has 0 radical (unpaired) electrons. The van der Waals surface area contributed by atoms with Crippen LogP contribution in [-0.4, -0.2) is 57.8 Å². The lowest BCUT2D eigenvalue weighted by atomic mass is 10.1. The number of nitrogens with zero attached hydrogens (tertiary/aromatic N) is 4. The van der Waals surface area contributed by atoms with Gasteiger partial charge in [0.15, 0.2) is 0 Å². The Hall–Kier alpha value is -1.56. The van der Waals surface area contributed by atoms with Gasteiger partial charge in [0.1, 0.15) is 0 Å². The SMILES string of the molecule is CCc1cc(CN2CCN(C3CCNCC3)C2=O)n(C)n1. The summed E-state index contributed by atoms with van der Waals surface area (Å²) in [6.45, 7) is 6.51. The fourth-order valence-electron chi connectivity index (χ4n) is 3.29. The van der Waals surface area contributed by atoms with E-state index in [1.54, 1.807) is 0 Å². The van der Waals surface area contributed by atoms with Crippen LogP contribution < -0.4 is 5.32 Å². The highest BCUT2D eigenvalue weighted by atomic mass is 16.2. The largest absolute Gasteiger partial charge is 0.320 e. The van der Waals surface area contributed by atoms with Gasteiger partial charge in [-0.2, -0.15) is 5.10 Å². The van der Waals surface area contributed by atoms with Gasteiger partial charge >= 0.3 is 6.03 Å². The number of nitrogens with one attached hydrogen (secondary N) is 1. The zero-order valence-electron chi connectivity index (χ0n) is 13.0. The van der Waals surface area contributed by atoms with Gasteiger partial charge < -0.3 is 15.1 Å². The van der Waals surface area contributed by atoms with Crippen molar-refractivity contribution in [1.82, 2.24) is 24.9 Å². The Balaban J connectivity index is 1.64. The van der Waals surface area contributed by atoms with E-state index in [-0.39, 0.29) is 6.03 Å². The molecule has 2 fully saturated rings. The fourth-order valence-corrected chi connectivity index (χ4v) is 3.29. The molecule has 0 aliphatic carbocycles. The minimum Gasteiger partial charge on any atom is -0.320 e. The first-order valence-electron chi connectivity index (χ1n) is 7.97. The molecule has 1 aromatic rings. The molecule has 21 heavy (non-hydrogen) atoms. The summed E-state index contributed by atoms with van der Waals surface area (Å²) in [5.74, 6) is 0. The summed E-state index contributed by atoms with van der Waals surface area (Å²) in [7, 11) is 1.96. The van der Waals surface area contributed by atoms with E-state index in [2.05, 4.69) is 28.3 Å². The molecule has 2 aliphatic heterocycles. The number of amides is 2. The van der Waals surface area contributed by atoms with Gasteiger partial charge in [0.05, 0.1) is 17.9 Å². The molecule has 0 atom stereocenters. The van der Waals surface area contributed by atoms with Gasteiger partial charge in [-0.05, 0) is 38.4 Å². The third kappa shape index (κ3) is 2.90. The van der Waals surface area contributed by atoms with Crippen LogP contribution in [0.1, 0.15) is 31.2 Å². The molecule has 6 heteroatoms. The van der Waals surface area contributed by atoms with Crippen LogP contribution in [0.2, 0.25) is 0 Å². The second-order valence-corrected chi connectivity index (χ2v) is 5.98. The number of aromatic nitrogens is 2. The first-order chi connectivity index (χ1) is 10.2. The number of hydrogen-bond acceptors (Lipinski definition) is 3. The summed E-state index contributed by atoms with van der Waals surface area (Å²) >= 11 is 0. The first kappa shape index (κ1) is 14.4. The van der Waals surface area contributed by atoms with Crippen LogP contribution in [0.3, 0.4) is 0 Å². The van der Waals surface area contributed by atoms with Crippen molar-refractivity contribution in [3.63, 3.8) is 0 Å². The number of urea groups is 1. The Morgan fingerprint density at radius 3 is 2.76 bits per heavy atom. The van der Waals surface area contributed by atoms with E-state index in [1.165, 1.54) is 0 Å². The number of rotatable bonds is 4. The van der Waals surface area contributed by atoms with Gasteiger partial charge in [-0.25, -0.2) is 4.79 Å². The Morgan fingerprint density at radius 2 is 2.10 bits per heavy atom. The zero-order chi connectivity index (χ0) is 14.8. The van der Waals surface area contributed by atoms with Crippen molar-refractivity contribution in [2.45, 2.75) is 38.8 Å². The topological polar surface area (TPSA) is 53.4 Å². The quantitative estimate of drug-likeness (QED) is 0.899. The van der Waals surface area contributed by atoms with Gasteiger partial charge in [0.25, 0.3) is 0 Å². The number of hydrogen-bond donors (Lipinski definition) is 1.